The van der Waals surface area contributed by atoms with Gasteiger partial charge in [-0.2, -0.15) is 0 Å². The number of hydrogen-bond donors (Lipinski definition) is 0. The van der Waals surface area contributed by atoms with Crippen molar-refractivity contribution in [2.24, 2.45) is 0 Å². The summed E-state index contributed by atoms with van der Waals surface area (Å²) >= 11 is 5.92. The number of carbonyl (C=O) groups excluding carboxylic acids is 1. The number of carbonyl (C=O) groups is 1. The van der Waals surface area contributed by atoms with Gasteiger partial charge in [-0.25, -0.2) is 0 Å². The van der Waals surface area contributed by atoms with Gasteiger partial charge in [-0.3, -0.25) is 4.79 Å². The summed E-state index contributed by atoms with van der Waals surface area (Å²) in [6.07, 6.45) is 0. The number of amides is 1. The van der Waals surface area contributed by atoms with E-state index >= 15 is 0 Å². The van der Waals surface area contributed by atoms with E-state index in [1.807, 2.05) is 13.8 Å². The minimum absolute atomic E-state index is 0.127. The van der Waals surface area contributed by atoms with Crippen LogP contribution in [0.4, 0.5) is 0 Å². The Bertz CT molecular complexity index is 630. The first-order valence-corrected chi connectivity index (χ1v) is 6.51. The van der Waals surface area contributed by atoms with Crippen molar-refractivity contribution in [1.82, 2.24) is 4.90 Å². The van der Waals surface area contributed by atoms with Crippen molar-refractivity contribution >= 4 is 28.5 Å². The second-order valence-corrected chi connectivity index (χ2v) is 5.01. The molecule has 100 valence electrons. The summed E-state index contributed by atoms with van der Waals surface area (Å²) in [7, 11) is 0. The highest BCUT2D eigenvalue weighted by atomic mass is 35.5. The first-order valence-electron chi connectivity index (χ1n) is 6.14. The van der Waals surface area contributed by atoms with E-state index in [-0.39, 0.29) is 5.91 Å². The Hall–Kier alpha value is -1.74. The van der Waals surface area contributed by atoms with Gasteiger partial charge in [0.25, 0.3) is 5.91 Å². The van der Waals surface area contributed by atoms with Crippen LogP contribution >= 0.6 is 11.6 Å². The van der Waals surface area contributed by atoms with Crippen LogP contribution in [-0.2, 0) is 0 Å². The molecular formula is C15H16ClNO2. The molecule has 19 heavy (non-hydrogen) atoms. The van der Waals surface area contributed by atoms with Crippen molar-refractivity contribution in [3.63, 3.8) is 0 Å². The SMILES string of the molecule is C=C(C)CN(CC)C(=O)c1cc2cc(Cl)ccc2o1. The molecule has 2 aromatic rings. The Morgan fingerprint density at radius 3 is 2.79 bits per heavy atom. The minimum Gasteiger partial charge on any atom is -0.451 e. The Balaban J connectivity index is 2.32. The number of fused-ring (bicyclic) bond motifs is 1. The lowest BCUT2D eigenvalue weighted by Gasteiger charge is -2.19. The van der Waals surface area contributed by atoms with Crippen LogP contribution < -0.4 is 0 Å². The van der Waals surface area contributed by atoms with Crippen molar-refractivity contribution in [3.8, 4) is 0 Å². The molecule has 0 radical (unpaired) electrons. The molecule has 2 rings (SSSR count). The molecule has 0 bridgehead atoms. The van der Waals surface area contributed by atoms with E-state index < -0.39 is 0 Å². The lowest BCUT2D eigenvalue weighted by Crippen LogP contribution is -2.31. The van der Waals surface area contributed by atoms with Gasteiger partial charge in [-0.05, 0) is 38.1 Å². The fraction of sp³-hybridized carbons (Fsp3) is 0.267. The summed E-state index contributed by atoms with van der Waals surface area (Å²) in [6, 6.07) is 7.02. The molecule has 0 saturated heterocycles. The predicted molar refractivity (Wildman–Crippen MR) is 77.6 cm³/mol. The Labute approximate surface area is 117 Å². The van der Waals surface area contributed by atoms with Gasteiger partial charge in [0.05, 0.1) is 0 Å². The van der Waals surface area contributed by atoms with Crippen LogP contribution in [0.2, 0.25) is 5.02 Å². The first-order chi connectivity index (χ1) is 9.01. The van der Waals surface area contributed by atoms with Crippen molar-refractivity contribution in [3.05, 3.63) is 47.2 Å². The molecule has 3 nitrogen and oxygen atoms in total. The predicted octanol–water partition coefficient (Wildman–Crippen LogP) is 4.12. The molecule has 0 N–H and O–H groups in total. The third-order valence-electron chi connectivity index (χ3n) is 2.82. The lowest BCUT2D eigenvalue weighted by atomic mass is 10.2. The molecule has 1 aromatic carbocycles. The number of halogens is 1. The van der Waals surface area contributed by atoms with Crippen LogP contribution in [0.1, 0.15) is 24.4 Å². The first kappa shape index (κ1) is 13.7. The van der Waals surface area contributed by atoms with E-state index in [0.717, 1.165) is 11.0 Å². The number of rotatable bonds is 4. The molecule has 0 aliphatic carbocycles. The smallest absolute Gasteiger partial charge is 0.289 e. The highest BCUT2D eigenvalue weighted by Crippen LogP contribution is 2.24. The maximum Gasteiger partial charge on any atom is 0.289 e. The van der Waals surface area contributed by atoms with E-state index in [1.54, 1.807) is 29.2 Å². The van der Waals surface area contributed by atoms with E-state index in [2.05, 4.69) is 6.58 Å². The van der Waals surface area contributed by atoms with Crippen LogP contribution in [-0.4, -0.2) is 23.9 Å². The summed E-state index contributed by atoms with van der Waals surface area (Å²) in [5, 5.41) is 1.46. The van der Waals surface area contributed by atoms with Gasteiger partial charge in [0.2, 0.25) is 0 Å². The van der Waals surface area contributed by atoms with E-state index in [1.165, 1.54) is 0 Å². The summed E-state index contributed by atoms with van der Waals surface area (Å²) in [4.78, 5) is 14.0. The van der Waals surface area contributed by atoms with Gasteiger partial charge in [-0.1, -0.05) is 23.8 Å². The summed E-state index contributed by atoms with van der Waals surface area (Å²) in [6.45, 7) is 8.81. The van der Waals surface area contributed by atoms with Gasteiger partial charge in [0.15, 0.2) is 5.76 Å². The maximum atomic E-state index is 12.3. The van der Waals surface area contributed by atoms with Crippen LogP contribution in [0.5, 0.6) is 0 Å². The highest BCUT2D eigenvalue weighted by molar-refractivity contribution is 6.31. The molecule has 0 unspecified atom stereocenters. The summed E-state index contributed by atoms with van der Waals surface area (Å²) in [5.41, 5.74) is 1.61. The van der Waals surface area contributed by atoms with Crippen LogP contribution in [0.25, 0.3) is 11.0 Å². The minimum atomic E-state index is -0.127. The van der Waals surface area contributed by atoms with Gasteiger partial charge in [0.1, 0.15) is 5.58 Å². The van der Waals surface area contributed by atoms with Crippen LogP contribution in [0.3, 0.4) is 0 Å². The zero-order chi connectivity index (χ0) is 14.0. The van der Waals surface area contributed by atoms with Gasteiger partial charge in [-0.15, -0.1) is 0 Å². The van der Waals surface area contributed by atoms with Gasteiger partial charge in [0, 0.05) is 23.5 Å². The zero-order valence-corrected chi connectivity index (χ0v) is 11.8. The highest BCUT2D eigenvalue weighted by Gasteiger charge is 2.18. The van der Waals surface area contributed by atoms with E-state index in [0.29, 0.717) is 29.5 Å². The quantitative estimate of drug-likeness (QED) is 0.788. The number of benzene rings is 1. The second-order valence-electron chi connectivity index (χ2n) is 4.57. The van der Waals surface area contributed by atoms with Crippen molar-refractivity contribution < 1.29 is 9.21 Å². The van der Waals surface area contributed by atoms with Gasteiger partial charge >= 0.3 is 0 Å². The van der Waals surface area contributed by atoms with Crippen molar-refractivity contribution in [2.45, 2.75) is 13.8 Å². The summed E-state index contributed by atoms with van der Waals surface area (Å²) < 4.78 is 5.57. The number of hydrogen-bond acceptors (Lipinski definition) is 2. The molecule has 0 saturated carbocycles. The molecule has 1 aromatic heterocycles. The second kappa shape index (κ2) is 5.49. The molecule has 0 fully saturated rings. The summed E-state index contributed by atoms with van der Waals surface area (Å²) in [5.74, 6) is 0.207. The third-order valence-corrected chi connectivity index (χ3v) is 3.05. The topological polar surface area (TPSA) is 33.5 Å². The molecule has 0 aliphatic heterocycles. The third kappa shape index (κ3) is 2.99. The number of nitrogens with zero attached hydrogens (tertiary/aromatic N) is 1. The molecule has 0 spiro atoms. The lowest BCUT2D eigenvalue weighted by molar-refractivity contribution is 0.0749. The maximum absolute atomic E-state index is 12.3. The molecule has 1 heterocycles. The van der Waals surface area contributed by atoms with E-state index in [9.17, 15) is 4.79 Å². The Kier molecular flexibility index (Phi) is 3.96. The zero-order valence-electron chi connectivity index (χ0n) is 11.1. The fourth-order valence-corrected chi connectivity index (χ4v) is 2.11. The van der Waals surface area contributed by atoms with Crippen LogP contribution in [0.15, 0.2) is 40.8 Å². The molecule has 0 atom stereocenters. The van der Waals surface area contributed by atoms with Gasteiger partial charge < -0.3 is 9.32 Å². The average Bonchev–Trinajstić information content (AvgIpc) is 2.77. The number of likely N-dealkylation sites (N-methyl/N-ethyl adjacent to an activating group) is 1. The number of furan rings is 1. The Morgan fingerprint density at radius 2 is 2.16 bits per heavy atom. The van der Waals surface area contributed by atoms with Crippen molar-refractivity contribution in [2.75, 3.05) is 13.1 Å². The monoisotopic (exact) mass is 277 g/mol. The largest absolute Gasteiger partial charge is 0.451 e. The van der Waals surface area contributed by atoms with E-state index in [4.69, 9.17) is 16.0 Å². The fourth-order valence-electron chi connectivity index (χ4n) is 1.93. The normalized spacial score (nSPS) is 10.7. The molecule has 4 heteroatoms. The van der Waals surface area contributed by atoms with Crippen molar-refractivity contribution in [1.29, 1.82) is 0 Å². The molecule has 1 amide bonds. The average molecular weight is 278 g/mol. The molecule has 0 aliphatic rings. The van der Waals surface area contributed by atoms with Crippen LogP contribution in [0, 0.1) is 0 Å². The molecular weight excluding hydrogens is 262 g/mol. The Morgan fingerprint density at radius 1 is 1.42 bits per heavy atom. The standard InChI is InChI=1S/C15H16ClNO2/c1-4-17(9-10(2)3)15(18)14-8-11-7-12(16)5-6-13(11)19-14/h5-8H,2,4,9H2,1,3H3.